The summed E-state index contributed by atoms with van der Waals surface area (Å²) >= 11 is 0. The van der Waals surface area contributed by atoms with Crippen molar-refractivity contribution in [1.29, 1.82) is 0 Å². The van der Waals surface area contributed by atoms with Crippen LogP contribution in [0.2, 0.25) is 0 Å². The lowest BCUT2D eigenvalue weighted by molar-refractivity contribution is 0.0696. The molecular formula is C28H38N4O3. The second kappa shape index (κ2) is 12.3. The second-order valence-corrected chi connectivity index (χ2v) is 9.75. The summed E-state index contributed by atoms with van der Waals surface area (Å²) in [6, 6.07) is 9.22. The number of aromatic carboxylic acids is 1. The standard InChI is InChI=1S/C28H38N4O3/c1-2-30-18-12-25(13-19-30)31-16-6-4-3-5-7-17-32(27(33)22-10-14-29-15-11-22)26-9-8-23(28(34)35)20-24(26)21-31/h8-11,14-15,20,25H,2-7,12-13,16-19,21H2,1H3,(H,34,35). The minimum Gasteiger partial charge on any atom is -0.478 e. The number of carbonyl (C=O) groups excluding carboxylic acids is 1. The van der Waals surface area contributed by atoms with Gasteiger partial charge in [-0.1, -0.05) is 26.2 Å². The molecule has 1 fully saturated rings. The van der Waals surface area contributed by atoms with E-state index in [1.54, 1.807) is 36.7 Å². The van der Waals surface area contributed by atoms with Gasteiger partial charge in [0.15, 0.2) is 0 Å². The van der Waals surface area contributed by atoms with E-state index in [2.05, 4.69) is 21.7 Å². The Bertz CT molecular complexity index is 989. The average molecular weight is 479 g/mol. The molecule has 0 saturated carbocycles. The highest BCUT2D eigenvalue weighted by Gasteiger charge is 2.27. The Kier molecular flexibility index (Phi) is 8.88. The van der Waals surface area contributed by atoms with Crippen molar-refractivity contribution >= 4 is 17.6 Å². The Morgan fingerprint density at radius 2 is 1.60 bits per heavy atom. The first-order valence-corrected chi connectivity index (χ1v) is 13.1. The Balaban J connectivity index is 1.70. The number of nitrogens with zero attached hydrogens (tertiary/aromatic N) is 4. The zero-order valence-electron chi connectivity index (χ0n) is 20.9. The van der Waals surface area contributed by atoms with Gasteiger partial charge in [0.25, 0.3) is 5.91 Å². The van der Waals surface area contributed by atoms with Crippen LogP contribution in [0.25, 0.3) is 0 Å². The highest BCUT2D eigenvalue weighted by molar-refractivity contribution is 6.06. The summed E-state index contributed by atoms with van der Waals surface area (Å²) in [6.07, 6.45) is 11.1. The summed E-state index contributed by atoms with van der Waals surface area (Å²) < 4.78 is 0. The fourth-order valence-corrected chi connectivity index (χ4v) is 5.42. The maximum Gasteiger partial charge on any atom is 0.335 e. The van der Waals surface area contributed by atoms with Gasteiger partial charge in [-0.3, -0.25) is 14.7 Å². The van der Waals surface area contributed by atoms with Crippen molar-refractivity contribution in [3.8, 4) is 0 Å². The van der Waals surface area contributed by atoms with Gasteiger partial charge in [0.05, 0.1) is 5.56 Å². The van der Waals surface area contributed by atoms with E-state index in [-0.39, 0.29) is 11.5 Å². The zero-order valence-corrected chi connectivity index (χ0v) is 20.9. The van der Waals surface area contributed by atoms with Crippen molar-refractivity contribution in [3.63, 3.8) is 0 Å². The van der Waals surface area contributed by atoms with Gasteiger partial charge >= 0.3 is 5.97 Å². The van der Waals surface area contributed by atoms with Crippen LogP contribution in [0.5, 0.6) is 0 Å². The predicted octanol–water partition coefficient (Wildman–Crippen LogP) is 4.68. The van der Waals surface area contributed by atoms with Gasteiger partial charge < -0.3 is 14.9 Å². The number of carbonyl (C=O) groups is 2. The average Bonchev–Trinajstić information content (AvgIpc) is 2.89. The monoisotopic (exact) mass is 478 g/mol. The molecule has 1 aromatic heterocycles. The molecule has 0 radical (unpaired) electrons. The Morgan fingerprint density at radius 1 is 0.914 bits per heavy atom. The number of benzene rings is 1. The van der Waals surface area contributed by atoms with E-state index < -0.39 is 5.97 Å². The number of likely N-dealkylation sites (tertiary alicyclic amines) is 1. The lowest BCUT2D eigenvalue weighted by Crippen LogP contribution is -2.45. The van der Waals surface area contributed by atoms with Crippen molar-refractivity contribution < 1.29 is 14.7 Å². The van der Waals surface area contributed by atoms with E-state index in [9.17, 15) is 14.7 Å². The second-order valence-electron chi connectivity index (χ2n) is 9.75. The van der Waals surface area contributed by atoms with E-state index in [0.717, 1.165) is 69.5 Å². The fraction of sp³-hybridized carbons (Fsp3) is 0.536. The maximum absolute atomic E-state index is 13.6. The molecule has 2 aliphatic rings. The van der Waals surface area contributed by atoms with Gasteiger partial charge in [0.1, 0.15) is 0 Å². The van der Waals surface area contributed by atoms with Gasteiger partial charge in [-0.2, -0.15) is 0 Å². The lowest BCUT2D eigenvalue weighted by atomic mass is 9.99. The van der Waals surface area contributed by atoms with Crippen LogP contribution in [0.3, 0.4) is 0 Å². The Morgan fingerprint density at radius 3 is 2.29 bits per heavy atom. The molecule has 1 N–H and O–H groups in total. The van der Waals surface area contributed by atoms with Crippen LogP contribution < -0.4 is 4.90 Å². The number of carboxylic acid groups (broad SMARTS) is 1. The number of amides is 1. The highest BCUT2D eigenvalue weighted by atomic mass is 16.4. The van der Waals surface area contributed by atoms with E-state index >= 15 is 0 Å². The minimum absolute atomic E-state index is 0.0587. The molecule has 0 spiro atoms. The predicted molar refractivity (Wildman–Crippen MR) is 138 cm³/mol. The smallest absolute Gasteiger partial charge is 0.335 e. The maximum atomic E-state index is 13.6. The third-order valence-corrected chi connectivity index (χ3v) is 7.51. The summed E-state index contributed by atoms with van der Waals surface area (Å²) in [5.74, 6) is -0.995. The van der Waals surface area contributed by atoms with Crippen LogP contribution in [-0.4, -0.2) is 70.5 Å². The first-order valence-electron chi connectivity index (χ1n) is 13.1. The summed E-state index contributed by atoms with van der Waals surface area (Å²) in [5.41, 5.74) is 2.62. The molecule has 35 heavy (non-hydrogen) atoms. The molecule has 0 atom stereocenters. The van der Waals surface area contributed by atoms with E-state index in [4.69, 9.17) is 0 Å². The largest absolute Gasteiger partial charge is 0.478 e. The number of carboxylic acids is 1. The third-order valence-electron chi connectivity index (χ3n) is 7.51. The SMILES string of the molecule is CCN1CCC(N2CCCCCCCN(C(=O)c3ccncc3)c3ccc(C(=O)O)cc3C2)CC1. The van der Waals surface area contributed by atoms with Crippen LogP contribution in [0.15, 0.2) is 42.7 Å². The summed E-state index contributed by atoms with van der Waals surface area (Å²) in [7, 11) is 0. The number of hydrogen-bond donors (Lipinski definition) is 1. The Labute approximate surface area is 208 Å². The molecule has 0 aliphatic carbocycles. The summed E-state index contributed by atoms with van der Waals surface area (Å²) in [5, 5.41) is 9.71. The molecule has 1 saturated heterocycles. The van der Waals surface area contributed by atoms with E-state index in [1.165, 1.54) is 12.8 Å². The number of piperidine rings is 1. The van der Waals surface area contributed by atoms with Crippen molar-refractivity contribution in [3.05, 3.63) is 59.4 Å². The highest BCUT2D eigenvalue weighted by Crippen LogP contribution is 2.29. The normalized spacial score (nSPS) is 19.4. The Hall–Kier alpha value is -2.77. The molecular weight excluding hydrogens is 440 g/mol. The fourth-order valence-electron chi connectivity index (χ4n) is 5.42. The molecule has 3 heterocycles. The van der Waals surface area contributed by atoms with Crippen LogP contribution >= 0.6 is 0 Å². The van der Waals surface area contributed by atoms with Crippen LogP contribution in [0.1, 0.15) is 78.1 Å². The first kappa shape index (κ1) is 25.3. The van der Waals surface area contributed by atoms with Gasteiger partial charge in [-0.25, -0.2) is 4.79 Å². The molecule has 2 aliphatic heterocycles. The summed E-state index contributed by atoms with van der Waals surface area (Å²) in [4.78, 5) is 36.4. The van der Waals surface area contributed by atoms with Gasteiger partial charge in [0.2, 0.25) is 0 Å². The molecule has 2 aromatic rings. The van der Waals surface area contributed by atoms with Gasteiger partial charge in [-0.15, -0.1) is 0 Å². The third kappa shape index (κ3) is 6.47. The van der Waals surface area contributed by atoms with E-state index in [1.807, 2.05) is 11.0 Å². The number of aromatic nitrogens is 1. The molecule has 0 bridgehead atoms. The quantitative estimate of drug-likeness (QED) is 0.688. The van der Waals surface area contributed by atoms with Crippen molar-refractivity contribution in [2.24, 2.45) is 0 Å². The number of fused-ring (bicyclic) bond motifs is 1. The number of pyridine rings is 1. The van der Waals surface area contributed by atoms with Crippen LogP contribution in [0.4, 0.5) is 5.69 Å². The van der Waals surface area contributed by atoms with E-state index in [0.29, 0.717) is 24.7 Å². The molecule has 1 amide bonds. The van der Waals surface area contributed by atoms with Crippen LogP contribution in [-0.2, 0) is 6.54 Å². The minimum atomic E-state index is -0.936. The van der Waals surface area contributed by atoms with Crippen molar-refractivity contribution in [2.75, 3.05) is 37.6 Å². The number of rotatable bonds is 4. The molecule has 7 nitrogen and oxygen atoms in total. The molecule has 1 aromatic carbocycles. The molecule has 4 rings (SSSR count). The lowest BCUT2D eigenvalue weighted by Gasteiger charge is -2.39. The molecule has 188 valence electrons. The van der Waals surface area contributed by atoms with Gasteiger partial charge in [0, 0.05) is 42.8 Å². The van der Waals surface area contributed by atoms with Crippen molar-refractivity contribution in [1.82, 2.24) is 14.8 Å². The topological polar surface area (TPSA) is 77.0 Å². The summed E-state index contributed by atoms with van der Waals surface area (Å²) in [6.45, 7) is 7.80. The van der Waals surface area contributed by atoms with Gasteiger partial charge in [-0.05, 0) is 87.8 Å². The number of anilines is 1. The van der Waals surface area contributed by atoms with Crippen LogP contribution in [0, 0.1) is 0 Å². The molecule has 7 heteroatoms. The first-order chi connectivity index (χ1) is 17.1. The number of hydrogen-bond acceptors (Lipinski definition) is 5. The zero-order chi connectivity index (χ0) is 24.6. The van der Waals surface area contributed by atoms with Crippen molar-refractivity contribution in [2.45, 2.75) is 64.5 Å². The molecule has 0 unspecified atom stereocenters.